The third-order valence-electron chi connectivity index (χ3n) is 3.24. The minimum absolute atomic E-state index is 0.156. The van der Waals surface area contributed by atoms with Crippen LogP contribution in [-0.4, -0.2) is 23.5 Å². The predicted molar refractivity (Wildman–Crippen MR) is 58.9 cm³/mol. The second kappa shape index (κ2) is 4.65. The van der Waals surface area contributed by atoms with Crippen LogP contribution in [0, 0.1) is 12.8 Å². The molecular weight excluding hydrogens is 206 g/mol. The Labute approximate surface area is 94.4 Å². The summed E-state index contributed by atoms with van der Waals surface area (Å²) in [6, 6.07) is 0.189. The van der Waals surface area contributed by atoms with E-state index < -0.39 is 0 Å². The smallest absolute Gasteiger partial charge is 0.273 e. The molecule has 0 saturated heterocycles. The van der Waals surface area contributed by atoms with Crippen LogP contribution >= 0.6 is 0 Å². The van der Waals surface area contributed by atoms with Gasteiger partial charge in [0, 0.05) is 6.04 Å². The molecule has 1 aliphatic carbocycles. The Hall–Kier alpha value is -1.36. The molecular formula is C11H17N3O2. The van der Waals surface area contributed by atoms with Gasteiger partial charge < -0.3 is 15.5 Å². The molecule has 1 heterocycles. The molecule has 88 valence electrons. The van der Waals surface area contributed by atoms with Gasteiger partial charge in [0.05, 0.1) is 0 Å². The molecule has 1 aromatic heterocycles. The van der Waals surface area contributed by atoms with Gasteiger partial charge >= 0.3 is 0 Å². The maximum absolute atomic E-state index is 11.9. The molecule has 5 heteroatoms. The van der Waals surface area contributed by atoms with Gasteiger partial charge in [0.25, 0.3) is 5.91 Å². The lowest BCUT2D eigenvalue weighted by atomic mass is 10.0. The van der Waals surface area contributed by atoms with E-state index in [9.17, 15) is 4.79 Å². The first-order valence-corrected chi connectivity index (χ1v) is 5.63. The van der Waals surface area contributed by atoms with E-state index in [1.165, 1.54) is 6.39 Å². The number of nitrogens with one attached hydrogen (secondary N) is 1. The van der Waals surface area contributed by atoms with Crippen molar-refractivity contribution in [3.8, 4) is 0 Å². The van der Waals surface area contributed by atoms with Crippen LogP contribution in [-0.2, 0) is 0 Å². The van der Waals surface area contributed by atoms with Gasteiger partial charge in [-0.1, -0.05) is 6.42 Å². The zero-order valence-electron chi connectivity index (χ0n) is 9.40. The van der Waals surface area contributed by atoms with Gasteiger partial charge in [-0.3, -0.25) is 4.79 Å². The minimum atomic E-state index is -0.156. The molecule has 1 aromatic rings. The van der Waals surface area contributed by atoms with E-state index in [2.05, 4.69) is 10.3 Å². The van der Waals surface area contributed by atoms with Gasteiger partial charge in [-0.15, -0.1) is 0 Å². The number of carbonyl (C=O) groups is 1. The molecule has 1 saturated carbocycles. The minimum Gasteiger partial charge on any atom is -0.448 e. The predicted octanol–water partition coefficient (Wildman–Crippen LogP) is 0.840. The molecule has 0 aliphatic heterocycles. The molecule has 5 nitrogen and oxygen atoms in total. The summed E-state index contributed by atoms with van der Waals surface area (Å²) in [7, 11) is 0. The SMILES string of the molecule is Cc1ocnc1C(=O)NC1CCCC1CN. The topological polar surface area (TPSA) is 81.2 Å². The summed E-state index contributed by atoms with van der Waals surface area (Å²) >= 11 is 0. The van der Waals surface area contributed by atoms with E-state index in [0.29, 0.717) is 23.9 Å². The Kier molecular flexibility index (Phi) is 3.24. The number of aryl methyl sites for hydroxylation is 1. The monoisotopic (exact) mass is 223 g/mol. The first-order valence-electron chi connectivity index (χ1n) is 5.63. The average molecular weight is 223 g/mol. The van der Waals surface area contributed by atoms with Crippen molar-refractivity contribution in [2.75, 3.05) is 6.54 Å². The fraction of sp³-hybridized carbons (Fsp3) is 0.636. The Balaban J connectivity index is 2.00. The number of rotatable bonds is 3. The standard InChI is InChI=1S/C11H17N3O2/c1-7-10(13-6-16-7)11(15)14-9-4-2-3-8(9)5-12/h6,8-9H,2-5,12H2,1H3,(H,14,15). The van der Waals surface area contributed by atoms with Crippen molar-refractivity contribution in [3.63, 3.8) is 0 Å². The van der Waals surface area contributed by atoms with E-state index in [1.807, 2.05) is 0 Å². The summed E-state index contributed by atoms with van der Waals surface area (Å²) < 4.78 is 5.01. The summed E-state index contributed by atoms with van der Waals surface area (Å²) in [6.45, 7) is 2.36. The van der Waals surface area contributed by atoms with E-state index >= 15 is 0 Å². The molecule has 0 radical (unpaired) electrons. The van der Waals surface area contributed by atoms with Crippen LogP contribution in [0.5, 0.6) is 0 Å². The van der Waals surface area contributed by atoms with Crippen LogP contribution in [0.2, 0.25) is 0 Å². The van der Waals surface area contributed by atoms with Crippen molar-refractivity contribution >= 4 is 5.91 Å². The van der Waals surface area contributed by atoms with E-state index in [0.717, 1.165) is 19.3 Å². The van der Waals surface area contributed by atoms with E-state index in [4.69, 9.17) is 10.2 Å². The number of hydrogen-bond donors (Lipinski definition) is 2. The summed E-state index contributed by atoms with van der Waals surface area (Å²) in [5, 5.41) is 2.98. The molecule has 2 unspecified atom stereocenters. The van der Waals surface area contributed by atoms with Gasteiger partial charge in [0.1, 0.15) is 5.76 Å². The number of hydrogen-bond acceptors (Lipinski definition) is 4. The highest BCUT2D eigenvalue weighted by Crippen LogP contribution is 2.24. The molecule has 1 fully saturated rings. The molecule has 0 aromatic carbocycles. The number of oxazole rings is 1. The summed E-state index contributed by atoms with van der Waals surface area (Å²) in [5.41, 5.74) is 6.04. The first-order chi connectivity index (χ1) is 7.72. The van der Waals surface area contributed by atoms with Crippen molar-refractivity contribution in [1.29, 1.82) is 0 Å². The van der Waals surface area contributed by atoms with Gasteiger partial charge in [-0.05, 0) is 32.2 Å². The van der Waals surface area contributed by atoms with Crippen molar-refractivity contribution in [1.82, 2.24) is 10.3 Å². The Bertz CT molecular complexity index is 375. The van der Waals surface area contributed by atoms with E-state index in [1.54, 1.807) is 6.92 Å². The van der Waals surface area contributed by atoms with Crippen molar-refractivity contribution in [2.45, 2.75) is 32.2 Å². The number of nitrogens with two attached hydrogens (primary N) is 1. The zero-order valence-corrected chi connectivity index (χ0v) is 9.40. The molecule has 16 heavy (non-hydrogen) atoms. The van der Waals surface area contributed by atoms with Crippen LogP contribution < -0.4 is 11.1 Å². The third kappa shape index (κ3) is 2.09. The highest BCUT2D eigenvalue weighted by molar-refractivity contribution is 5.93. The second-order valence-electron chi connectivity index (χ2n) is 4.26. The number of aromatic nitrogens is 1. The van der Waals surface area contributed by atoms with Crippen LogP contribution in [0.4, 0.5) is 0 Å². The fourth-order valence-electron chi connectivity index (χ4n) is 2.27. The lowest BCUT2D eigenvalue weighted by Crippen LogP contribution is -2.40. The Morgan fingerprint density at radius 1 is 1.69 bits per heavy atom. The highest BCUT2D eigenvalue weighted by Gasteiger charge is 2.28. The largest absolute Gasteiger partial charge is 0.448 e. The highest BCUT2D eigenvalue weighted by atomic mass is 16.3. The number of nitrogens with zero attached hydrogens (tertiary/aromatic N) is 1. The van der Waals surface area contributed by atoms with Gasteiger partial charge in [0.2, 0.25) is 0 Å². The van der Waals surface area contributed by atoms with Gasteiger partial charge in [-0.25, -0.2) is 4.98 Å². The van der Waals surface area contributed by atoms with Crippen molar-refractivity contribution < 1.29 is 9.21 Å². The molecule has 0 spiro atoms. The van der Waals surface area contributed by atoms with E-state index in [-0.39, 0.29) is 11.9 Å². The first kappa shape index (κ1) is 11.1. The summed E-state index contributed by atoms with van der Waals surface area (Å²) in [4.78, 5) is 15.8. The summed E-state index contributed by atoms with van der Waals surface area (Å²) in [5.74, 6) is 0.799. The maximum atomic E-state index is 11.9. The average Bonchev–Trinajstić information content (AvgIpc) is 2.86. The molecule has 1 amide bonds. The maximum Gasteiger partial charge on any atom is 0.273 e. The molecule has 2 atom stereocenters. The van der Waals surface area contributed by atoms with Crippen molar-refractivity contribution in [3.05, 3.63) is 17.8 Å². The Morgan fingerprint density at radius 3 is 3.12 bits per heavy atom. The number of amides is 1. The van der Waals surface area contributed by atoms with Crippen LogP contribution in [0.25, 0.3) is 0 Å². The summed E-state index contributed by atoms with van der Waals surface area (Å²) in [6.07, 6.45) is 4.52. The zero-order chi connectivity index (χ0) is 11.5. The van der Waals surface area contributed by atoms with Crippen LogP contribution in [0.1, 0.15) is 35.5 Å². The third-order valence-corrected chi connectivity index (χ3v) is 3.24. The van der Waals surface area contributed by atoms with Crippen molar-refractivity contribution in [2.24, 2.45) is 11.7 Å². The van der Waals surface area contributed by atoms with Crippen LogP contribution in [0.3, 0.4) is 0 Å². The lowest BCUT2D eigenvalue weighted by molar-refractivity contribution is 0.0923. The molecule has 1 aliphatic rings. The lowest BCUT2D eigenvalue weighted by Gasteiger charge is -2.18. The molecule has 0 bridgehead atoms. The molecule has 2 rings (SSSR count). The fourth-order valence-corrected chi connectivity index (χ4v) is 2.27. The Morgan fingerprint density at radius 2 is 2.50 bits per heavy atom. The quantitative estimate of drug-likeness (QED) is 0.795. The number of carbonyl (C=O) groups excluding carboxylic acids is 1. The normalized spacial score (nSPS) is 24.6. The van der Waals surface area contributed by atoms with Crippen LogP contribution in [0.15, 0.2) is 10.8 Å². The second-order valence-corrected chi connectivity index (χ2v) is 4.26. The van der Waals surface area contributed by atoms with Gasteiger partial charge in [-0.2, -0.15) is 0 Å². The molecule has 3 N–H and O–H groups in total. The van der Waals surface area contributed by atoms with Gasteiger partial charge in [0.15, 0.2) is 12.1 Å².